The van der Waals surface area contributed by atoms with Gasteiger partial charge in [0.25, 0.3) is 0 Å². The van der Waals surface area contributed by atoms with Crippen LogP contribution in [0.1, 0.15) is 27.2 Å². The maximum Gasteiger partial charge on any atom is 0.231 e. The summed E-state index contributed by atoms with van der Waals surface area (Å²) in [5.41, 5.74) is -0.0646. The van der Waals surface area contributed by atoms with E-state index in [0.29, 0.717) is 5.33 Å². The van der Waals surface area contributed by atoms with Crippen molar-refractivity contribution < 1.29 is 4.79 Å². The number of hydrogen-bond acceptors (Lipinski definition) is 1. The van der Waals surface area contributed by atoms with Gasteiger partial charge in [0, 0.05) is 5.54 Å². The molecule has 0 atom stereocenters. The molecule has 0 rings (SSSR count). The fourth-order valence-electron chi connectivity index (χ4n) is 0.499. The summed E-state index contributed by atoms with van der Waals surface area (Å²) in [6, 6.07) is 0. The second-order valence-electron chi connectivity index (χ2n) is 2.92. The monoisotopic (exact) mass is 207 g/mol. The van der Waals surface area contributed by atoms with Crippen molar-refractivity contribution in [3.05, 3.63) is 0 Å². The van der Waals surface area contributed by atoms with E-state index < -0.39 is 0 Å². The molecule has 0 aliphatic rings. The summed E-state index contributed by atoms with van der Waals surface area (Å²) in [7, 11) is 0. The van der Waals surface area contributed by atoms with E-state index in [2.05, 4.69) is 28.2 Å². The molecule has 1 N–H and O–H groups in total. The fraction of sp³-hybridized carbons (Fsp3) is 0.857. The summed E-state index contributed by atoms with van der Waals surface area (Å²) in [4.78, 5) is 10.8. The Morgan fingerprint density at radius 3 is 2.40 bits per heavy atom. The highest BCUT2D eigenvalue weighted by molar-refractivity contribution is 9.09. The highest BCUT2D eigenvalue weighted by Gasteiger charge is 2.16. The number of amides is 1. The summed E-state index contributed by atoms with van der Waals surface area (Å²) in [5, 5.41) is 3.26. The van der Waals surface area contributed by atoms with Crippen LogP contribution in [0.5, 0.6) is 0 Å². The van der Waals surface area contributed by atoms with Crippen molar-refractivity contribution in [2.45, 2.75) is 32.7 Å². The second-order valence-corrected chi connectivity index (χ2v) is 3.48. The van der Waals surface area contributed by atoms with Crippen LogP contribution in [0.3, 0.4) is 0 Å². The fourth-order valence-corrected chi connectivity index (χ4v) is 0.639. The van der Waals surface area contributed by atoms with E-state index in [1.165, 1.54) is 0 Å². The van der Waals surface area contributed by atoms with Gasteiger partial charge in [-0.15, -0.1) is 0 Å². The molecule has 10 heavy (non-hydrogen) atoms. The Kier molecular flexibility index (Phi) is 3.94. The van der Waals surface area contributed by atoms with Gasteiger partial charge in [-0.2, -0.15) is 0 Å². The van der Waals surface area contributed by atoms with Crippen molar-refractivity contribution >= 4 is 21.8 Å². The van der Waals surface area contributed by atoms with E-state index in [-0.39, 0.29) is 11.4 Å². The van der Waals surface area contributed by atoms with Crippen LogP contribution in [-0.2, 0) is 4.79 Å². The third-order valence-electron chi connectivity index (χ3n) is 1.48. The van der Waals surface area contributed by atoms with Gasteiger partial charge in [-0.25, -0.2) is 0 Å². The minimum atomic E-state index is -0.0646. The lowest BCUT2D eigenvalue weighted by Crippen LogP contribution is -2.43. The molecule has 1 amide bonds. The third-order valence-corrected chi connectivity index (χ3v) is 1.99. The van der Waals surface area contributed by atoms with Crippen LogP contribution in [0.4, 0.5) is 0 Å². The topological polar surface area (TPSA) is 29.1 Å². The minimum Gasteiger partial charge on any atom is -0.351 e. The predicted octanol–water partition coefficient (Wildman–Crippen LogP) is 1.69. The first kappa shape index (κ1) is 9.95. The zero-order chi connectivity index (χ0) is 8.20. The molecule has 0 saturated carbocycles. The van der Waals surface area contributed by atoms with Crippen molar-refractivity contribution in [2.75, 3.05) is 5.33 Å². The molecule has 0 bridgehead atoms. The molecule has 0 aliphatic heterocycles. The molecule has 0 unspecified atom stereocenters. The normalized spacial score (nSPS) is 11.2. The van der Waals surface area contributed by atoms with Crippen molar-refractivity contribution in [2.24, 2.45) is 0 Å². The first-order valence-electron chi connectivity index (χ1n) is 3.39. The number of carbonyl (C=O) groups is 1. The van der Waals surface area contributed by atoms with Crippen molar-refractivity contribution in [1.82, 2.24) is 5.32 Å². The van der Waals surface area contributed by atoms with Crippen LogP contribution < -0.4 is 5.32 Å². The average Bonchev–Trinajstić information content (AvgIpc) is 1.87. The molecule has 0 aromatic carbocycles. The Hall–Kier alpha value is -0.0500. The summed E-state index contributed by atoms with van der Waals surface area (Å²) < 4.78 is 0. The van der Waals surface area contributed by atoms with Gasteiger partial charge in [-0.3, -0.25) is 4.79 Å². The molecule has 0 aliphatic carbocycles. The van der Waals surface area contributed by atoms with Gasteiger partial charge in [0.15, 0.2) is 0 Å². The quantitative estimate of drug-likeness (QED) is 0.702. The first-order chi connectivity index (χ1) is 4.52. The highest BCUT2D eigenvalue weighted by atomic mass is 79.9. The molecule has 2 nitrogen and oxygen atoms in total. The molecule has 0 saturated heterocycles. The van der Waals surface area contributed by atoms with Crippen LogP contribution in [0.2, 0.25) is 0 Å². The zero-order valence-electron chi connectivity index (χ0n) is 6.70. The summed E-state index contributed by atoms with van der Waals surface area (Å²) >= 11 is 3.08. The summed E-state index contributed by atoms with van der Waals surface area (Å²) in [6.07, 6.45) is 0.950. The van der Waals surface area contributed by atoms with Crippen LogP contribution in [0.25, 0.3) is 0 Å². The summed E-state index contributed by atoms with van der Waals surface area (Å²) in [5.74, 6) is 0.0480. The third kappa shape index (κ3) is 3.88. The van der Waals surface area contributed by atoms with Crippen LogP contribution >= 0.6 is 15.9 Å². The lowest BCUT2D eigenvalue weighted by molar-refractivity contribution is -0.120. The SMILES string of the molecule is CCC(C)(C)NC(=O)CBr. The molecule has 60 valence electrons. The van der Waals surface area contributed by atoms with Gasteiger partial charge in [0.05, 0.1) is 5.33 Å². The molecule has 0 aromatic heterocycles. The number of hydrogen-bond donors (Lipinski definition) is 1. The number of alkyl halides is 1. The van der Waals surface area contributed by atoms with Gasteiger partial charge in [-0.1, -0.05) is 22.9 Å². The van der Waals surface area contributed by atoms with E-state index in [4.69, 9.17) is 0 Å². The van der Waals surface area contributed by atoms with E-state index in [1.807, 2.05) is 13.8 Å². The van der Waals surface area contributed by atoms with E-state index in [0.717, 1.165) is 6.42 Å². The van der Waals surface area contributed by atoms with Crippen LogP contribution in [-0.4, -0.2) is 16.8 Å². The molecule has 0 spiro atoms. The molecular formula is C7H14BrNO. The maximum atomic E-state index is 10.8. The number of nitrogens with one attached hydrogen (secondary N) is 1. The predicted molar refractivity (Wildman–Crippen MR) is 46.3 cm³/mol. The van der Waals surface area contributed by atoms with Gasteiger partial charge >= 0.3 is 0 Å². The summed E-state index contributed by atoms with van der Waals surface area (Å²) in [6.45, 7) is 6.07. The first-order valence-corrected chi connectivity index (χ1v) is 4.51. The van der Waals surface area contributed by atoms with Gasteiger partial charge in [0.2, 0.25) is 5.91 Å². The molecule has 0 radical (unpaired) electrons. The maximum absolute atomic E-state index is 10.8. The largest absolute Gasteiger partial charge is 0.351 e. The zero-order valence-corrected chi connectivity index (χ0v) is 8.29. The smallest absolute Gasteiger partial charge is 0.231 e. The van der Waals surface area contributed by atoms with Crippen molar-refractivity contribution in [1.29, 1.82) is 0 Å². The molecule has 0 fully saturated rings. The highest BCUT2D eigenvalue weighted by Crippen LogP contribution is 2.06. The lowest BCUT2D eigenvalue weighted by atomic mass is 10.0. The number of rotatable bonds is 3. The Bertz CT molecular complexity index is 123. The molecular weight excluding hydrogens is 194 g/mol. The molecule has 0 aromatic rings. The molecule has 0 heterocycles. The average molecular weight is 208 g/mol. The minimum absolute atomic E-state index is 0.0480. The Labute approximate surface area is 70.5 Å². The Morgan fingerprint density at radius 1 is 1.60 bits per heavy atom. The van der Waals surface area contributed by atoms with E-state index in [1.54, 1.807) is 0 Å². The van der Waals surface area contributed by atoms with Crippen LogP contribution in [0, 0.1) is 0 Å². The number of carbonyl (C=O) groups excluding carboxylic acids is 1. The lowest BCUT2D eigenvalue weighted by Gasteiger charge is -2.23. The van der Waals surface area contributed by atoms with Gasteiger partial charge in [-0.05, 0) is 20.3 Å². The van der Waals surface area contributed by atoms with Crippen molar-refractivity contribution in [3.63, 3.8) is 0 Å². The van der Waals surface area contributed by atoms with Crippen molar-refractivity contribution in [3.8, 4) is 0 Å². The van der Waals surface area contributed by atoms with Gasteiger partial charge in [0.1, 0.15) is 0 Å². The Balaban J connectivity index is 3.76. The molecule has 3 heteroatoms. The van der Waals surface area contributed by atoms with Crippen LogP contribution in [0.15, 0.2) is 0 Å². The second kappa shape index (κ2) is 3.96. The Morgan fingerprint density at radius 2 is 2.10 bits per heavy atom. The number of halogens is 1. The van der Waals surface area contributed by atoms with E-state index in [9.17, 15) is 4.79 Å². The van der Waals surface area contributed by atoms with E-state index >= 15 is 0 Å². The standard InChI is InChI=1S/C7H14BrNO/c1-4-7(2,3)9-6(10)5-8/h4-5H2,1-3H3,(H,9,10). The van der Waals surface area contributed by atoms with Gasteiger partial charge < -0.3 is 5.32 Å².